The number of hydrogen-bond acceptors (Lipinski definition) is 3. The molecule has 21 heavy (non-hydrogen) atoms. The predicted molar refractivity (Wildman–Crippen MR) is 84.9 cm³/mol. The molecule has 0 amide bonds. The quantitative estimate of drug-likeness (QED) is 0.570. The number of rotatable bonds is 1. The van der Waals surface area contributed by atoms with E-state index in [1.807, 2.05) is 19.9 Å². The third-order valence-corrected chi connectivity index (χ3v) is 4.28. The van der Waals surface area contributed by atoms with Crippen molar-refractivity contribution in [3.8, 4) is 5.75 Å². The molecular weight excluding hydrogens is 356 g/mol. The van der Waals surface area contributed by atoms with Crippen LogP contribution in [-0.2, 0) is 0 Å². The maximum absolute atomic E-state index is 12.0. The predicted octanol–water partition coefficient (Wildman–Crippen LogP) is 3.70. The fraction of sp³-hybridized carbons (Fsp3) is 0.200. The van der Waals surface area contributed by atoms with Crippen LogP contribution in [0.2, 0.25) is 5.02 Å². The summed E-state index contributed by atoms with van der Waals surface area (Å²) in [7, 11) is 0. The van der Waals surface area contributed by atoms with Crippen LogP contribution in [0.3, 0.4) is 0 Å². The van der Waals surface area contributed by atoms with Crippen molar-refractivity contribution in [3.63, 3.8) is 0 Å². The Balaban J connectivity index is 2.27. The Labute approximate surface area is 135 Å². The Kier molecular flexibility index (Phi) is 3.42. The fourth-order valence-corrected chi connectivity index (χ4v) is 2.72. The molecule has 0 atom stereocenters. The second kappa shape index (κ2) is 5.00. The molecule has 0 spiro atoms. The highest BCUT2D eigenvalue weighted by atomic mass is 79.9. The van der Waals surface area contributed by atoms with E-state index in [2.05, 4.69) is 20.9 Å². The molecule has 0 saturated carbocycles. The number of aliphatic imine (C=N–C) groups is 1. The molecule has 1 aliphatic rings. The van der Waals surface area contributed by atoms with Gasteiger partial charge in [-0.15, -0.1) is 0 Å². The van der Waals surface area contributed by atoms with Crippen molar-refractivity contribution >= 4 is 33.2 Å². The van der Waals surface area contributed by atoms with Gasteiger partial charge < -0.3 is 9.94 Å². The zero-order valence-corrected chi connectivity index (χ0v) is 13.8. The number of nitrogens with zero attached hydrogens (tertiary/aromatic N) is 2. The summed E-state index contributed by atoms with van der Waals surface area (Å²) in [5.74, 6) is 0.613. The van der Waals surface area contributed by atoms with Crippen molar-refractivity contribution in [2.45, 2.75) is 19.6 Å². The normalized spacial score (nSPS) is 15.9. The van der Waals surface area contributed by atoms with E-state index in [-0.39, 0.29) is 0 Å². The van der Waals surface area contributed by atoms with Gasteiger partial charge in [0.1, 0.15) is 11.5 Å². The maximum Gasteiger partial charge on any atom is 0.242 e. The largest absolute Gasteiger partial charge is 0.618 e. The molecule has 2 aromatic rings. The Hall–Kier alpha value is -1.59. The van der Waals surface area contributed by atoms with Gasteiger partial charge in [-0.25, -0.2) is 4.99 Å². The van der Waals surface area contributed by atoms with Crippen molar-refractivity contribution in [1.29, 1.82) is 0 Å². The van der Waals surface area contributed by atoms with E-state index in [4.69, 9.17) is 16.3 Å². The van der Waals surface area contributed by atoms with E-state index < -0.39 is 5.72 Å². The van der Waals surface area contributed by atoms with E-state index in [9.17, 15) is 5.21 Å². The molecule has 0 bridgehead atoms. The highest BCUT2D eigenvalue weighted by Crippen LogP contribution is 2.37. The average molecular weight is 368 g/mol. The third kappa shape index (κ3) is 2.63. The minimum absolute atomic E-state index is 0.476. The Bertz CT molecular complexity index is 759. The molecule has 0 aliphatic carbocycles. The lowest BCUT2D eigenvalue weighted by molar-refractivity contribution is -0.606. The lowest BCUT2D eigenvalue weighted by Crippen LogP contribution is -2.39. The number of halogens is 2. The smallest absolute Gasteiger partial charge is 0.242 e. The average Bonchev–Trinajstić information content (AvgIpc) is 2.40. The van der Waals surface area contributed by atoms with E-state index >= 15 is 0 Å². The zero-order valence-electron chi connectivity index (χ0n) is 11.4. The Morgan fingerprint density at radius 1 is 1.33 bits per heavy atom. The van der Waals surface area contributed by atoms with Gasteiger partial charge in [-0.05, 0) is 41.9 Å². The fourth-order valence-electron chi connectivity index (χ4n) is 2.23. The summed E-state index contributed by atoms with van der Waals surface area (Å²) in [6.45, 7) is 3.67. The lowest BCUT2D eigenvalue weighted by Gasteiger charge is -2.29. The summed E-state index contributed by atoms with van der Waals surface area (Å²) in [6, 6.07) is 8.77. The van der Waals surface area contributed by atoms with Crippen LogP contribution in [0.4, 0.5) is 0 Å². The molecule has 108 valence electrons. The lowest BCUT2D eigenvalue weighted by atomic mass is 10.0. The molecule has 4 nitrogen and oxygen atoms in total. The number of hydrogen-bond donors (Lipinski definition) is 0. The second-order valence-electron chi connectivity index (χ2n) is 5.18. The van der Waals surface area contributed by atoms with E-state index in [0.29, 0.717) is 22.2 Å². The number of ether oxygens (including phenoxy) is 1. The van der Waals surface area contributed by atoms with Crippen molar-refractivity contribution in [1.82, 2.24) is 0 Å². The SMILES string of the molecule is CC1(C)N=C(c2cccc[n+]2[O-])c2cc(Br)c(Cl)cc2O1. The van der Waals surface area contributed by atoms with Gasteiger partial charge in [-0.3, -0.25) is 0 Å². The number of pyridine rings is 1. The second-order valence-corrected chi connectivity index (χ2v) is 6.44. The monoisotopic (exact) mass is 366 g/mol. The van der Waals surface area contributed by atoms with Gasteiger partial charge in [-0.1, -0.05) is 11.6 Å². The minimum Gasteiger partial charge on any atom is -0.618 e. The zero-order chi connectivity index (χ0) is 15.2. The van der Waals surface area contributed by atoms with Gasteiger partial charge in [-0.2, -0.15) is 4.73 Å². The summed E-state index contributed by atoms with van der Waals surface area (Å²) in [5, 5.41) is 12.6. The van der Waals surface area contributed by atoms with Crippen molar-refractivity contribution < 1.29 is 9.47 Å². The van der Waals surface area contributed by atoms with E-state index in [1.165, 1.54) is 6.20 Å². The van der Waals surface area contributed by atoms with Gasteiger partial charge in [0.15, 0.2) is 11.9 Å². The number of benzene rings is 1. The van der Waals surface area contributed by atoms with Gasteiger partial charge >= 0.3 is 0 Å². The first-order valence-corrected chi connectivity index (χ1v) is 7.51. The first kappa shape index (κ1) is 14.4. The van der Waals surface area contributed by atoms with Crippen LogP contribution in [-0.4, -0.2) is 11.4 Å². The van der Waals surface area contributed by atoms with Crippen LogP contribution in [0, 0.1) is 5.21 Å². The molecule has 1 aromatic heterocycles. The molecular formula is C15H12BrClN2O2. The van der Waals surface area contributed by atoms with Crippen LogP contribution in [0.15, 0.2) is 46.0 Å². The van der Waals surface area contributed by atoms with Gasteiger partial charge in [0, 0.05) is 22.7 Å². The van der Waals surface area contributed by atoms with Crippen LogP contribution >= 0.6 is 27.5 Å². The topological polar surface area (TPSA) is 48.5 Å². The van der Waals surface area contributed by atoms with E-state index in [1.54, 1.807) is 24.3 Å². The number of aromatic nitrogens is 1. The molecule has 0 fully saturated rings. The maximum atomic E-state index is 12.0. The Morgan fingerprint density at radius 2 is 2.10 bits per heavy atom. The molecule has 3 rings (SSSR count). The molecule has 1 aliphatic heterocycles. The molecule has 0 N–H and O–H groups in total. The van der Waals surface area contributed by atoms with Gasteiger partial charge in [0.25, 0.3) is 0 Å². The van der Waals surface area contributed by atoms with Gasteiger partial charge in [0.05, 0.1) is 10.6 Å². The molecule has 0 radical (unpaired) electrons. The van der Waals surface area contributed by atoms with Crippen molar-refractivity contribution in [2.75, 3.05) is 0 Å². The standard InChI is InChI=1S/C15H12BrClN2O2/c1-15(2)18-14(12-5-3-4-6-19(12)20)9-7-10(16)11(17)8-13(9)21-15/h3-8H,1-2H3. The van der Waals surface area contributed by atoms with Crippen LogP contribution < -0.4 is 9.47 Å². The summed E-state index contributed by atoms with van der Waals surface area (Å²) < 4.78 is 7.37. The van der Waals surface area contributed by atoms with E-state index in [0.717, 1.165) is 14.8 Å². The molecule has 0 saturated heterocycles. The molecule has 2 heterocycles. The third-order valence-electron chi connectivity index (χ3n) is 3.09. The molecule has 0 unspecified atom stereocenters. The molecule has 1 aromatic carbocycles. The first-order valence-electron chi connectivity index (χ1n) is 6.34. The van der Waals surface area contributed by atoms with Crippen LogP contribution in [0.1, 0.15) is 25.1 Å². The highest BCUT2D eigenvalue weighted by Gasteiger charge is 2.32. The minimum atomic E-state index is -0.762. The highest BCUT2D eigenvalue weighted by molar-refractivity contribution is 9.10. The van der Waals surface area contributed by atoms with Crippen molar-refractivity contribution in [2.24, 2.45) is 4.99 Å². The van der Waals surface area contributed by atoms with Crippen LogP contribution in [0.25, 0.3) is 0 Å². The number of fused-ring (bicyclic) bond motifs is 1. The summed E-state index contributed by atoms with van der Waals surface area (Å²) in [6.07, 6.45) is 1.45. The summed E-state index contributed by atoms with van der Waals surface area (Å²) >= 11 is 9.52. The Morgan fingerprint density at radius 3 is 2.81 bits per heavy atom. The van der Waals surface area contributed by atoms with Gasteiger partial charge in [0.2, 0.25) is 5.69 Å². The molecule has 6 heteroatoms. The summed E-state index contributed by atoms with van der Waals surface area (Å²) in [4.78, 5) is 4.57. The summed E-state index contributed by atoms with van der Waals surface area (Å²) in [5.41, 5.74) is 1.04. The first-order chi connectivity index (χ1) is 9.87. The van der Waals surface area contributed by atoms with Crippen LogP contribution in [0.5, 0.6) is 5.75 Å². The van der Waals surface area contributed by atoms with Crippen molar-refractivity contribution in [3.05, 3.63) is 62.5 Å².